The Kier molecular flexibility index (Phi) is 3.97. The number of carbonyl (C=O) groups excluding carboxylic acids is 2. The number of halogens is 1. The van der Waals surface area contributed by atoms with Crippen LogP contribution in [0.5, 0.6) is 0 Å². The molecule has 0 saturated carbocycles. The van der Waals surface area contributed by atoms with Gasteiger partial charge < -0.3 is 5.32 Å². The van der Waals surface area contributed by atoms with Crippen LogP contribution >= 0.6 is 11.6 Å². The Morgan fingerprint density at radius 1 is 1.16 bits per heavy atom. The lowest BCUT2D eigenvalue weighted by atomic mass is 10.1. The Hall–Kier alpha value is -2.13. The van der Waals surface area contributed by atoms with Gasteiger partial charge in [0.2, 0.25) is 0 Å². The van der Waals surface area contributed by atoms with Crippen molar-refractivity contribution in [3.05, 3.63) is 64.2 Å². The summed E-state index contributed by atoms with van der Waals surface area (Å²) in [6, 6.07) is 11.8. The molecular weight excluding hydrogens is 262 g/mol. The molecule has 0 radical (unpaired) electrons. The van der Waals surface area contributed by atoms with Crippen LogP contribution in [0.1, 0.15) is 26.3 Å². The summed E-state index contributed by atoms with van der Waals surface area (Å²) >= 11 is 5.88. The second kappa shape index (κ2) is 5.67. The molecule has 4 heteroatoms. The number of benzene rings is 2. The van der Waals surface area contributed by atoms with Crippen LogP contribution in [0.25, 0.3) is 0 Å². The molecule has 0 aliphatic heterocycles. The van der Waals surface area contributed by atoms with Gasteiger partial charge in [-0.3, -0.25) is 9.59 Å². The number of hydrogen-bond acceptors (Lipinski definition) is 2. The highest BCUT2D eigenvalue weighted by molar-refractivity contribution is 6.31. The highest BCUT2D eigenvalue weighted by atomic mass is 35.5. The fourth-order valence-electron chi connectivity index (χ4n) is 1.68. The van der Waals surface area contributed by atoms with Gasteiger partial charge in [0.25, 0.3) is 5.91 Å². The Bertz CT molecular complexity index is 621. The lowest BCUT2D eigenvalue weighted by Gasteiger charge is -2.08. The molecule has 19 heavy (non-hydrogen) atoms. The zero-order valence-electron chi connectivity index (χ0n) is 10.3. The summed E-state index contributed by atoms with van der Waals surface area (Å²) in [7, 11) is 0. The number of hydrogen-bond donors (Lipinski definition) is 1. The van der Waals surface area contributed by atoms with E-state index >= 15 is 0 Å². The molecule has 96 valence electrons. The van der Waals surface area contributed by atoms with E-state index in [-0.39, 0.29) is 5.91 Å². The molecule has 2 aromatic rings. The van der Waals surface area contributed by atoms with Crippen LogP contribution in [0.2, 0.25) is 5.02 Å². The summed E-state index contributed by atoms with van der Waals surface area (Å²) in [5, 5.41) is 3.28. The van der Waals surface area contributed by atoms with Crippen molar-refractivity contribution in [3.8, 4) is 0 Å². The zero-order chi connectivity index (χ0) is 13.8. The first kappa shape index (κ1) is 13.3. The van der Waals surface area contributed by atoms with E-state index < -0.39 is 0 Å². The van der Waals surface area contributed by atoms with E-state index in [1.165, 1.54) is 0 Å². The molecule has 0 unspecified atom stereocenters. The average Bonchev–Trinajstić information content (AvgIpc) is 2.42. The summed E-state index contributed by atoms with van der Waals surface area (Å²) in [5.41, 5.74) is 2.59. The summed E-state index contributed by atoms with van der Waals surface area (Å²) < 4.78 is 0. The lowest BCUT2D eigenvalue weighted by Crippen LogP contribution is -2.13. The van der Waals surface area contributed by atoms with Gasteiger partial charge in [-0.2, -0.15) is 0 Å². The molecule has 1 amide bonds. The van der Waals surface area contributed by atoms with Crippen molar-refractivity contribution in [2.75, 3.05) is 5.32 Å². The first-order chi connectivity index (χ1) is 9.10. The molecule has 0 atom stereocenters. The zero-order valence-corrected chi connectivity index (χ0v) is 11.1. The number of anilines is 1. The second-order valence-electron chi connectivity index (χ2n) is 4.15. The lowest BCUT2D eigenvalue weighted by molar-refractivity contribution is 0.102. The molecule has 0 aromatic heterocycles. The molecule has 0 aliphatic carbocycles. The Labute approximate surface area is 116 Å². The SMILES string of the molecule is Cc1ccc(Cl)cc1C(=O)Nc1ccc(C=O)cc1. The third kappa shape index (κ3) is 3.20. The normalized spacial score (nSPS) is 10.0. The highest BCUT2D eigenvalue weighted by Crippen LogP contribution is 2.17. The van der Waals surface area contributed by atoms with Crippen LogP contribution in [-0.4, -0.2) is 12.2 Å². The number of rotatable bonds is 3. The van der Waals surface area contributed by atoms with Crippen molar-refractivity contribution in [1.82, 2.24) is 0 Å². The van der Waals surface area contributed by atoms with Crippen molar-refractivity contribution in [3.63, 3.8) is 0 Å². The van der Waals surface area contributed by atoms with E-state index in [1.54, 1.807) is 42.5 Å². The molecule has 0 bridgehead atoms. The molecule has 0 fully saturated rings. The molecule has 0 heterocycles. The summed E-state index contributed by atoms with van der Waals surface area (Å²) in [6.45, 7) is 1.85. The molecule has 3 nitrogen and oxygen atoms in total. The van der Waals surface area contributed by atoms with Gasteiger partial charge in [0.1, 0.15) is 6.29 Å². The van der Waals surface area contributed by atoms with E-state index in [9.17, 15) is 9.59 Å². The quantitative estimate of drug-likeness (QED) is 0.867. The third-order valence-corrected chi connectivity index (χ3v) is 2.98. The van der Waals surface area contributed by atoms with E-state index in [1.807, 2.05) is 6.92 Å². The summed E-state index contributed by atoms with van der Waals surface area (Å²) in [6.07, 6.45) is 0.757. The molecule has 2 aromatic carbocycles. The number of aldehydes is 1. The van der Waals surface area contributed by atoms with Gasteiger partial charge in [-0.1, -0.05) is 17.7 Å². The largest absolute Gasteiger partial charge is 0.322 e. The molecule has 0 spiro atoms. The second-order valence-corrected chi connectivity index (χ2v) is 4.59. The molecule has 2 rings (SSSR count). The minimum atomic E-state index is -0.223. The monoisotopic (exact) mass is 273 g/mol. The Morgan fingerprint density at radius 2 is 1.84 bits per heavy atom. The van der Waals surface area contributed by atoms with E-state index in [0.717, 1.165) is 11.8 Å². The number of amides is 1. The van der Waals surface area contributed by atoms with Gasteiger partial charge in [0.15, 0.2) is 0 Å². The standard InChI is InChI=1S/C15H12ClNO2/c1-10-2-5-12(16)8-14(10)15(19)17-13-6-3-11(9-18)4-7-13/h2-9H,1H3,(H,17,19). The maximum atomic E-state index is 12.1. The van der Waals surface area contributed by atoms with Crippen molar-refractivity contribution in [2.24, 2.45) is 0 Å². The predicted molar refractivity (Wildman–Crippen MR) is 76.0 cm³/mol. The van der Waals surface area contributed by atoms with Crippen LogP contribution in [0, 0.1) is 6.92 Å². The maximum absolute atomic E-state index is 12.1. The third-order valence-electron chi connectivity index (χ3n) is 2.75. The van der Waals surface area contributed by atoms with Crippen LogP contribution in [-0.2, 0) is 0 Å². The fraction of sp³-hybridized carbons (Fsp3) is 0.0667. The van der Waals surface area contributed by atoms with Gasteiger partial charge in [0.05, 0.1) is 0 Å². The Balaban J connectivity index is 2.20. The minimum absolute atomic E-state index is 0.223. The smallest absolute Gasteiger partial charge is 0.255 e. The van der Waals surface area contributed by atoms with Gasteiger partial charge in [-0.15, -0.1) is 0 Å². The number of carbonyl (C=O) groups is 2. The molecule has 0 aliphatic rings. The fourth-order valence-corrected chi connectivity index (χ4v) is 1.85. The summed E-state index contributed by atoms with van der Waals surface area (Å²) in [4.78, 5) is 22.6. The summed E-state index contributed by atoms with van der Waals surface area (Å²) in [5.74, 6) is -0.223. The topological polar surface area (TPSA) is 46.2 Å². The number of nitrogens with one attached hydrogen (secondary N) is 1. The highest BCUT2D eigenvalue weighted by Gasteiger charge is 2.09. The Morgan fingerprint density at radius 3 is 2.47 bits per heavy atom. The molecule has 1 N–H and O–H groups in total. The predicted octanol–water partition coefficient (Wildman–Crippen LogP) is 3.71. The van der Waals surface area contributed by atoms with Crippen molar-refractivity contribution in [2.45, 2.75) is 6.92 Å². The van der Waals surface area contributed by atoms with E-state index in [0.29, 0.717) is 21.8 Å². The first-order valence-corrected chi connectivity index (χ1v) is 6.10. The van der Waals surface area contributed by atoms with Crippen LogP contribution in [0.4, 0.5) is 5.69 Å². The van der Waals surface area contributed by atoms with Crippen molar-refractivity contribution >= 4 is 29.5 Å². The van der Waals surface area contributed by atoms with Gasteiger partial charge in [-0.05, 0) is 48.9 Å². The van der Waals surface area contributed by atoms with Crippen molar-refractivity contribution in [1.29, 1.82) is 0 Å². The van der Waals surface area contributed by atoms with Gasteiger partial charge >= 0.3 is 0 Å². The number of aryl methyl sites for hydroxylation is 1. The first-order valence-electron chi connectivity index (χ1n) is 5.73. The molecular formula is C15H12ClNO2. The van der Waals surface area contributed by atoms with Gasteiger partial charge in [-0.25, -0.2) is 0 Å². The van der Waals surface area contributed by atoms with E-state index in [2.05, 4.69) is 5.32 Å². The van der Waals surface area contributed by atoms with Crippen LogP contribution in [0.3, 0.4) is 0 Å². The average molecular weight is 274 g/mol. The maximum Gasteiger partial charge on any atom is 0.255 e. The van der Waals surface area contributed by atoms with Crippen LogP contribution in [0.15, 0.2) is 42.5 Å². The molecule has 0 saturated heterocycles. The van der Waals surface area contributed by atoms with Crippen LogP contribution < -0.4 is 5.32 Å². The van der Waals surface area contributed by atoms with Gasteiger partial charge in [0, 0.05) is 21.8 Å². The minimum Gasteiger partial charge on any atom is -0.322 e. The van der Waals surface area contributed by atoms with E-state index in [4.69, 9.17) is 11.6 Å². The van der Waals surface area contributed by atoms with Crippen molar-refractivity contribution < 1.29 is 9.59 Å².